The molecule has 0 spiro atoms. The molecule has 2 aromatic rings. The van der Waals surface area contributed by atoms with Crippen LogP contribution in [0.3, 0.4) is 0 Å². The third kappa shape index (κ3) is 6.11. The number of aliphatic hydroxyl groups is 2. The van der Waals surface area contributed by atoms with Gasteiger partial charge in [-0.2, -0.15) is 0 Å². The van der Waals surface area contributed by atoms with Crippen molar-refractivity contribution in [2.75, 3.05) is 20.3 Å². The molecule has 2 unspecified atom stereocenters. The number of benzene rings is 2. The van der Waals surface area contributed by atoms with E-state index < -0.39 is 17.8 Å². The zero-order valence-corrected chi connectivity index (χ0v) is 17.5. The molecule has 0 radical (unpaired) electrons. The van der Waals surface area contributed by atoms with E-state index in [1.165, 1.54) is 0 Å². The lowest BCUT2D eigenvalue weighted by atomic mass is 9.78. The van der Waals surface area contributed by atoms with Crippen LogP contribution in [0.5, 0.6) is 11.5 Å². The molecule has 6 heteroatoms. The largest absolute Gasteiger partial charge is 0.491 e. The first-order chi connectivity index (χ1) is 13.2. The molecule has 154 valence electrons. The minimum absolute atomic E-state index is 0.187. The van der Waals surface area contributed by atoms with Gasteiger partial charge in [0.15, 0.2) is 5.56 Å². The lowest BCUT2D eigenvalue weighted by Crippen LogP contribution is -2.23. The Morgan fingerprint density at radius 1 is 0.893 bits per heavy atom. The summed E-state index contributed by atoms with van der Waals surface area (Å²) in [6, 6.07) is 15.5. The van der Waals surface area contributed by atoms with Crippen LogP contribution in [0.15, 0.2) is 48.5 Å². The molecule has 2 rings (SSSR count). The van der Waals surface area contributed by atoms with Gasteiger partial charge in [0.25, 0.3) is 0 Å². The summed E-state index contributed by atoms with van der Waals surface area (Å²) in [7, 11) is 1.54. The van der Waals surface area contributed by atoms with E-state index >= 15 is 0 Å². The van der Waals surface area contributed by atoms with Gasteiger partial charge in [-0.1, -0.05) is 49.7 Å². The highest BCUT2D eigenvalue weighted by Gasteiger charge is 2.23. The van der Waals surface area contributed by atoms with Gasteiger partial charge in [-0.3, -0.25) is 0 Å². The smallest absolute Gasteiger partial charge is 0.197 e. The molecule has 28 heavy (non-hydrogen) atoms. The SMILES string of the molecule is COC[C@@H](O)COc1ccc(C(C)(C)c2ccc(OC(Cl)C(C)O)cc2)cc1. The van der Waals surface area contributed by atoms with E-state index in [4.69, 9.17) is 25.8 Å². The third-order valence-electron chi connectivity index (χ3n) is 4.58. The lowest BCUT2D eigenvalue weighted by molar-refractivity contribution is 0.0325. The zero-order chi connectivity index (χ0) is 20.7. The first kappa shape index (κ1) is 22.5. The quantitative estimate of drug-likeness (QED) is 0.586. The summed E-state index contributed by atoms with van der Waals surface area (Å²) in [4.78, 5) is 0. The van der Waals surface area contributed by atoms with Crippen LogP contribution in [0.4, 0.5) is 0 Å². The van der Waals surface area contributed by atoms with E-state index in [9.17, 15) is 10.2 Å². The summed E-state index contributed by atoms with van der Waals surface area (Å²) in [5.74, 6) is 1.31. The molecule has 0 aromatic heterocycles. The molecule has 0 heterocycles. The molecule has 2 N–H and O–H groups in total. The maximum Gasteiger partial charge on any atom is 0.197 e. The highest BCUT2D eigenvalue weighted by atomic mass is 35.5. The zero-order valence-electron chi connectivity index (χ0n) is 16.8. The molecule has 0 aliphatic rings. The minimum Gasteiger partial charge on any atom is -0.491 e. The minimum atomic E-state index is -0.784. The Morgan fingerprint density at radius 2 is 1.39 bits per heavy atom. The first-order valence-electron chi connectivity index (χ1n) is 9.23. The van der Waals surface area contributed by atoms with Gasteiger partial charge in [-0.25, -0.2) is 0 Å². The molecule has 2 aromatic carbocycles. The van der Waals surface area contributed by atoms with Crippen LogP contribution in [0.1, 0.15) is 31.9 Å². The summed E-state index contributed by atoms with van der Waals surface area (Å²) in [6.07, 6.45) is -1.41. The highest BCUT2D eigenvalue weighted by Crippen LogP contribution is 2.33. The first-order valence-corrected chi connectivity index (χ1v) is 9.67. The Kier molecular flexibility index (Phi) is 8.13. The van der Waals surface area contributed by atoms with Crippen LogP contribution in [0.25, 0.3) is 0 Å². The van der Waals surface area contributed by atoms with Gasteiger partial charge in [0.2, 0.25) is 0 Å². The van der Waals surface area contributed by atoms with Crippen LogP contribution in [-0.4, -0.2) is 48.3 Å². The average molecular weight is 409 g/mol. The molecule has 0 saturated heterocycles. The van der Waals surface area contributed by atoms with Crippen molar-refractivity contribution in [3.63, 3.8) is 0 Å². The molecule has 0 aliphatic carbocycles. The Balaban J connectivity index is 2.05. The van der Waals surface area contributed by atoms with Crippen molar-refractivity contribution in [1.29, 1.82) is 0 Å². The number of hydrogen-bond acceptors (Lipinski definition) is 5. The fraction of sp³-hybridized carbons (Fsp3) is 0.455. The summed E-state index contributed by atoms with van der Waals surface area (Å²) < 4.78 is 16.0. The number of rotatable bonds is 10. The Labute approximate surface area is 171 Å². The average Bonchev–Trinajstić information content (AvgIpc) is 2.67. The van der Waals surface area contributed by atoms with E-state index in [0.29, 0.717) is 11.5 Å². The normalized spacial score (nSPS) is 15.0. The number of alkyl halides is 1. The van der Waals surface area contributed by atoms with Crippen LogP contribution in [-0.2, 0) is 10.2 Å². The summed E-state index contributed by atoms with van der Waals surface area (Å²) >= 11 is 5.95. The van der Waals surface area contributed by atoms with Crippen molar-refractivity contribution in [2.45, 2.75) is 44.0 Å². The van der Waals surface area contributed by atoms with Gasteiger partial charge in [-0.15, -0.1) is 0 Å². The Morgan fingerprint density at radius 3 is 1.86 bits per heavy atom. The maximum absolute atomic E-state index is 9.67. The summed E-state index contributed by atoms with van der Waals surface area (Å²) in [6.45, 7) is 6.29. The van der Waals surface area contributed by atoms with Gasteiger partial charge < -0.3 is 24.4 Å². The second-order valence-electron chi connectivity index (χ2n) is 7.30. The molecular weight excluding hydrogens is 380 g/mol. The summed E-state index contributed by atoms with van der Waals surface area (Å²) in [5.41, 5.74) is 1.24. The fourth-order valence-electron chi connectivity index (χ4n) is 2.75. The molecule has 0 amide bonds. The number of halogens is 1. The van der Waals surface area contributed by atoms with E-state index in [0.717, 1.165) is 11.1 Å². The van der Waals surface area contributed by atoms with E-state index in [2.05, 4.69) is 13.8 Å². The second-order valence-corrected chi connectivity index (χ2v) is 7.73. The van der Waals surface area contributed by atoms with Crippen molar-refractivity contribution in [2.24, 2.45) is 0 Å². The number of ether oxygens (including phenoxy) is 3. The molecule has 0 bridgehead atoms. The number of methoxy groups -OCH3 is 1. The van der Waals surface area contributed by atoms with E-state index in [1.807, 2.05) is 48.5 Å². The second kappa shape index (κ2) is 10.1. The van der Waals surface area contributed by atoms with Crippen molar-refractivity contribution in [1.82, 2.24) is 0 Å². The van der Waals surface area contributed by atoms with E-state index in [1.54, 1.807) is 14.0 Å². The Hall–Kier alpha value is -1.79. The molecule has 5 nitrogen and oxygen atoms in total. The number of aliphatic hydroxyl groups excluding tert-OH is 2. The predicted molar refractivity (Wildman–Crippen MR) is 110 cm³/mol. The number of hydrogen-bond donors (Lipinski definition) is 2. The Bertz CT molecular complexity index is 713. The van der Waals surface area contributed by atoms with Crippen molar-refractivity contribution < 1.29 is 24.4 Å². The van der Waals surface area contributed by atoms with Crippen LogP contribution in [0, 0.1) is 0 Å². The maximum atomic E-state index is 9.67. The third-order valence-corrected chi connectivity index (χ3v) is 5.04. The van der Waals surface area contributed by atoms with Crippen LogP contribution < -0.4 is 9.47 Å². The van der Waals surface area contributed by atoms with Crippen molar-refractivity contribution >= 4 is 11.6 Å². The summed E-state index contributed by atoms with van der Waals surface area (Å²) in [5, 5.41) is 19.1. The monoisotopic (exact) mass is 408 g/mol. The topological polar surface area (TPSA) is 68.2 Å². The van der Waals surface area contributed by atoms with Crippen molar-refractivity contribution in [3.05, 3.63) is 59.7 Å². The van der Waals surface area contributed by atoms with Crippen molar-refractivity contribution in [3.8, 4) is 11.5 Å². The van der Waals surface area contributed by atoms with Crippen LogP contribution in [0.2, 0.25) is 0 Å². The van der Waals surface area contributed by atoms with Gasteiger partial charge in [-0.05, 0) is 42.3 Å². The standard InChI is InChI=1S/C22H29ClO5/c1-15(24)21(23)28-20-11-7-17(8-12-20)22(2,3)16-5-9-19(10-6-16)27-14-18(25)13-26-4/h5-12,15,18,21,24-25H,13-14H2,1-4H3/t15?,18-,21?/m1/s1. The molecule has 3 atom stereocenters. The van der Waals surface area contributed by atoms with E-state index in [-0.39, 0.29) is 18.6 Å². The highest BCUT2D eigenvalue weighted by molar-refractivity contribution is 6.20. The molecule has 0 aliphatic heterocycles. The molecule has 0 saturated carbocycles. The van der Waals surface area contributed by atoms with Gasteiger partial charge in [0.05, 0.1) is 6.61 Å². The van der Waals surface area contributed by atoms with Gasteiger partial charge in [0, 0.05) is 12.5 Å². The lowest BCUT2D eigenvalue weighted by Gasteiger charge is -2.27. The fourth-order valence-corrected chi connectivity index (χ4v) is 2.85. The predicted octanol–water partition coefficient (Wildman–Crippen LogP) is 3.72. The molecular formula is C22H29ClO5. The molecule has 0 fully saturated rings. The van der Waals surface area contributed by atoms with Gasteiger partial charge in [0.1, 0.15) is 30.3 Å². The van der Waals surface area contributed by atoms with Gasteiger partial charge >= 0.3 is 0 Å². The van der Waals surface area contributed by atoms with Crippen LogP contribution >= 0.6 is 11.6 Å².